The first-order chi connectivity index (χ1) is 9.11. The lowest BCUT2D eigenvalue weighted by Crippen LogP contribution is -2.41. The molecule has 1 fully saturated rings. The third-order valence-corrected chi connectivity index (χ3v) is 3.40. The van der Waals surface area contributed by atoms with Gasteiger partial charge in [-0.3, -0.25) is 4.79 Å². The second kappa shape index (κ2) is 6.32. The van der Waals surface area contributed by atoms with Crippen molar-refractivity contribution in [2.24, 2.45) is 5.92 Å². The summed E-state index contributed by atoms with van der Waals surface area (Å²) >= 11 is 5.92. The minimum atomic E-state index is -0.439. The van der Waals surface area contributed by atoms with Crippen LogP contribution in [0.1, 0.15) is 6.92 Å². The topological polar surface area (TPSA) is 50.4 Å². The highest BCUT2D eigenvalue weighted by Crippen LogP contribution is 2.24. The molecule has 6 heteroatoms. The van der Waals surface area contributed by atoms with Gasteiger partial charge in [0.05, 0.1) is 29.8 Å². The number of hydrogen-bond donors (Lipinski definition) is 2. The van der Waals surface area contributed by atoms with Crippen molar-refractivity contribution in [2.45, 2.75) is 13.0 Å². The first-order valence-corrected chi connectivity index (χ1v) is 6.56. The average Bonchev–Trinajstić information content (AvgIpc) is 2.82. The van der Waals surface area contributed by atoms with Gasteiger partial charge in [0.2, 0.25) is 5.91 Å². The van der Waals surface area contributed by atoms with Crippen LogP contribution in [0.3, 0.4) is 0 Å². The Hall–Kier alpha value is -1.17. The minimum Gasteiger partial charge on any atom is -0.379 e. The number of hydrogen-bond acceptors (Lipinski definition) is 3. The first kappa shape index (κ1) is 14.2. The van der Waals surface area contributed by atoms with Crippen molar-refractivity contribution in [2.75, 3.05) is 25.1 Å². The lowest BCUT2D eigenvalue weighted by Gasteiger charge is -2.18. The second-order valence-corrected chi connectivity index (χ2v) is 4.83. The molecule has 0 saturated carbocycles. The molecule has 1 aliphatic heterocycles. The van der Waals surface area contributed by atoms with Gasteiger partial charge >= 0.3 is 0 Å². The fourth-order valence-corrected chi connectivity index (χ4v) is 2.26. The number of rotatable bonds is 4. The molecule has 2 rings (SSSR count). The molecule has 0 aromatic heterocycles. The Labute approximate surface area is 116 Å². The van der Waals surface area contributed by atoms with Crippen LogP contribution in [0.25, 0.3) is 0 Å². The second-order valence-electron chi connectivity index (χ2n) is 4.42. The normalized spacial score (nSPS) is 22.5. The Bertz CT molecular complexity index is 470. The third kappa shape index (κ3) is 3.43. The van der Waals surface area contributed by atoms with Gasteiger partial charge in [-0.2, -0.15) is 0 Å². The van der Waals surface area contributed by atoms with E-state index in [0.717, 1.165) is 6.54 Å². The Morgan fingerprint density at radius 3 is 3.05 bits per heavy atom. The number of likely N-dealkylation sites (N-methyl/N-ethyl adjacent to an activating group) is 1. The molecule has 1 aromatic carbocycles. The van der Waals surface area contributed by atoms with E-state index in [1.165, 1.54) is 18.2 Å². The zero-order chi connectivity index (χ0) is 13.8. The van der Waals surface area contributed by atoms with Gasteiger partial charge in [0.25, 0.3) is 0 Å². The zero-order valence-corrected chi connectivity index (χ0v) is 11.3. The summed E-state index contributed by atoms with van der Waals surface area (Å²) in [6.45, 7) is 3.59. The van der Waals surface area contributed by atoms with Gasteiger partial charge in [-0.05, 0) is 24.7 Å². The number of halogens is 2. The van der Waals surface area contributed by atoms with Crippen LogP contribution in [0.15, 0.2) is 18.2 Å². The van der Waals surface area contributed by atoms with E-state index in [1.54, 1.807) is 0 Å². The highest BCUT2D eigenvalue weighted by atomic mass is 35.5. The number of carbonyl (C=O) groups is 1. The summed E-state index contributed by atoms with van der Waals surface area (Å²) in [5.74, 6) is -0.944. The standard InChI is InChI=1S/C13H16ClFN2O2/c1-2-16-12-7-19-6-9(12)13(18)17-11-5-8(15)3-4-10(11)14/h3-5,9,12,16H,2,6-7H2,1H3,(H,17,18). The highest BCUT2D eigenvalue weighted by Gasteiger charge is 2.33. The van der Waals surface area contributed by atoms with E-state index in [2.05, 4.69) is 10.6 Å². The van der Waals surface area contributed by atoms with Gasteiger partial charge in [0.1, 0.15) is 5.82 Å². The van der Waals surface area contributed by atoms with E-state index in [1.807, 2.05) is 6.92 Å². The number of nitrogens with one attached hydrogen (secondary N) is 2. The molecule has 1 aromatic rings. The van der Waals surface area contributed by atoms with Gasteiger partial charge in [-0.15, -0.1) is 0 Å². The first-order valence-electron chi connectivity index (χ1n) is 6.19. The van der Waals surface area contributed by atoms with E-state index in [0.29, 0.717) is 18.2 Å². The Morgan fingerprint density at radius 2 is 2.32 bits per heavy atom. The molecule has 0 aliphatic carbocycles. The zero-order valence-electron chi connectivity index (χ0n) is 10.6. The minimum absolute atomic E-state index is 0.0164. The van der Waals surface area contributed by atoms with Gasteiger partial charge < -0.3 is 15.4 Å². The lowest BCUT2D eigenvalue weighted by molar-refractivity contribution is -0.120. The van der Waals surface area contributed by atoms with E-state index < -0.39 is 5.82 Å². The molecule has 2 atom stereocenters. The van der Waals surface area contributed by atoms with Gasteiger partial charge in [0, 0.05) is 6.04 Å². The van der Waals surface area contributed by atoms with Crippen molar-refractivity contribution in [3.8, 4) is 0 Å². The Morgan fingerprint density at radius 1 is 1.53 bits per heavy atom. The molecule has 104 valence electrons. The molecule has 1 saturated heterocycles. The monoisotopic (exact) mass is 286 g/mol. The SMILES string of the molecule is CCNC1COCC1C(=O)Nc1cc(F)ccc1Cl. The Kier molecular flexibility index (Phi) is 4.74. The predicted molar refractivity (Wildman–Crippen MR) is 71.8 cm³/mol. The third-order valence-electron chi connectivity index (χ3n) is 3.07. The quantitative estimate of drug-likeness (QED) is 0.891. The van der Waals surface area contributed by atoms with Crippen LogP contribution in [0, 0.1) is 11.7 Å². The van der Waals surface area contributed by atoms with Crippen molar-refractivity contribution >= 4 is 23.2 Å². The molecule has 4 nitrogen and oxygen atoms in total. The molecule has 2 unspecified atom stereocenters. The van der Waals surface area contributed by atoms with E-state index in [-0.39, 0.29) is 23.6 Å². The maximum Gasteiger partial charge on any atom is 0.231 e. The van der Waals surface area contributed by atoms with Crippen molar-refractivity contribution in [1.29, 1.82) is 0 Å². The fourth-order valence-electron chi connectivity index (χ4n) is 2.09. The van der Waals surface area contributed by atoms with Crippen molar-refractivity contribution < 1.29 is 13.9 Å². The molecule has 0 spiro atoms. The lowest BCUT2D eigenvalue weighted by atomic mass is 10.0. The van der Waals surface area contributed by atoms with Crippen LogP contribution >= 0.6 is 11.6 Å². The van der Waals surface area contributed by atoms with Crippen LogP contribution in [0.4, 0.5) is 10.1 Å². The molecule has 1 aliphatic rings. The Balaban J connectivity index is 2.06. The van der Waals surface area contributed by atoms with Crippen molar-refractivity contribution in [1.82, 2.24) is 5.32 Å². The summed E-state index contributed by atoms with van der Waals surface area (Å²) in [6, 6.07) is 3.85. The summed E-state index contributed by atoms with van der Waals surface area (Å²) in [5, 5.41) is 6.16. The van der Waals surface area contributed by atoms with Crippen LogP contribution in [-0.4, -0.2) is 31.7 Å². The number of benzene rings is 1. The number of amides is 1. The van der Waals surface area contributed by atoms with Crippen LogP contribution in [-0.2, 0) is 9.53 Å². The van der Waals surface area contributed by atoms with Crippen LogP contribution in [0.2, 0.25) is 5.02 Å². The van der Waals surface area contributed by atoms with Gasteiger partial charge in [-0.25, -0.2) is 4.39 Å². The maximum absolute atomic E-state index is 13.1. The van der Waals surface area contributed by atoms with Crippen LogP contribution < -0.4 is 10.6 Å². The fraction of sp³-hybridized carbons (Fsp3) is 0.462. The number of anilines is 1. The highest BCUT2D eigenvalue weighted by molar-refractivity contribution is 6.33. The van der Waals surface area contributed by atoms with E-state index >= 15 is 0 Å². The molecule has 0 radical (unpaired) electrons. The average molecular weight is 287 g/mol. The van der Waals surface area contributed by atoms with E-state index in [4.69, 9.17) is 16.3 Å². The van der Waals surface area contributed by atoms with Crippen molar-refractivity contribution in [3.63, 3.8) is 0 Å². The van der Waals surface area contributed by atoms with Gasteiger partial charge in [-0.1, -0.05) is 18.5 Å². The molecule has 0 bridgehead atoms. The molecule has 1 heterocycles. The van der Waals surface area contributed by atoms with Gasteiger partial charge in [0.15, 0.2) is 0 Å². The molecule has 1 amide bonds. The maximum atomic E-state index is 13.1. The molecule has 2 N–H and O–H groups in total. The molecular weight excluding hydrogens is 271 g/mol. The summed E-state index contributed by atoms with van der Waals surface area (Å²) in [7, 11) is 0. The predicted octanol–water partition coefficient (Wildman–Crippen LogP) is 2.04. The van der Waals surface area contributed by atoms with Crippen molar-refractivity contribution in [3.05, 3.63) is 29.0 Å². The number of carbonyl (C=O) groups excluding carboxylic acids is 1. The summed E-state index contributed by atoms with van der Waals surface area (Å²) in [6.07, 6.45) is 0. The summed E-state index contributed by atoms with van der Waals surface area (Å²) in [5.41, 5.74) is 0.286. The summed E-state index contributed by atoms with van der Waals surface area (Å²) in [4.78, 5) is 12.2. The smallest absolute Gasteiger partial charge is 0.231 e. The van der Waals surface area contributed by atoms with E-state index in [9.17, 15) is 9.18 Å². The molecule has 19 heavy (non-hydrogen) atoms. The molecular formula is C13H16ClFN2O2. The van der Waals surface area contributed by atoms with Crippen LogP contribution in [0.5, 0.6) is 0 Å². The summed E-state index contributed by atoms with van der Waals surface area (Å²) < 4.78 is 18.4. The number of ether oxygens (including phenoxy) is 1. The largest absolute Gasteiger partial charge is 0.379 e.